The second-order valence-corrected chi connectivity index (χ2v) is 5.34. The summed E-state index contributed by atoms with van der Waals surface area (Å²) in [5, 5.41) is 0.333. The van der Waals surface area contributed by atoms with E-state index < -0.39 is 0 Å². The molecule has 1 fully saturated rings. The summed E-state index contributed by atoms with van der Waals surface area (Å²) in [6.45, 7) is 1.40. The average molecular weight is 296 g/mol. The molecule has 1 aromatic carbocycles. The lowest BCUT2D eigenvalue weighted by Crippen LogP contribution is -2.24. The standard InChI is InChI=1S/C14H15ClFN3O/c15-11-5-10(16)1-2-12(11)19-8-18-6-13(19)14(17)9-3-4-20-7-9/h1-2,5-6,8-9,14H,3-4,7,17H2. The highest BCUT2D eigenvalue weighted by atomic mass is 35.5. The average Bonchev–Trinajstić information content (AvgIpc) is 3.09. The number of nitrogens with two attached hydrogens (primary N) is 1. The van der Waals surface area contributed by atoms with Crippen molar-refractivity contribution in [3.8, 4) is 5.69 Å². The van der Waals surface area contributed by atoms with Gasteiger partial charge in [-0.3, -0.25) is 0 Å². The minimum absolute atomic E-state index is 0.180. The molecule has 0 amide bonds. The summed E-state index contributed by atoms with van der Waals surface area (Å²) in [5.74, 6) is -0.0985. The van der Waals surface area contributed by atoms with Crippen LogP contribution in [0.15, 0.2) is 30.7 Å². The van der Waals surface area contributed by atoms with Gasteiger partial charge >= 0.3 is 0 Å². The van der Waals surface area contributed by atoms with Crippen LogP contribution in [0, 0.1) is 11.7 Å². The highest BCUT2D eigenvalue weighted by molar-refractivity contribution is 6.32. The molecule has 6 heteroatoms. The summed E-state index contributed by atoms with van der Waals surface area (Å²) in [4.78, 5) is 4.14. The van der Waals surface area contributed by atoms with E-state index in [0.29, 0.717) is 17.3 Å². The Bertz CT molecular complexity index is 610. The van der Waals surface area contributed by atoms with Crippen LogP contribution in [0.4, 0.5) is 4.39 Å². The van der Waals surface area contributed by atoms with E-state index in [0.717, 1.165) is 18.7 Å². The van der Waals surface area contributed by atoms with Crippen LogP contribution in [-0.2, 0) is 4.74 Å². The van der Waals surface area contributed by atoms with Crippen LogP contribution in [0.25, 0.3) is 5.69 Å². The van der Waals surface area contributed by atoms with Crippen LogP contribution < -0.4 is 5.73 Å². The fourth-order valence-electron chi connectivity index (χ4n) is 2.51. The Balaban J connectivity index is 1.97. The first kappa shape index (κ1) is 13.5. The van der Waals surface area contributed by atoms with Crippen LogP contribution in [0.2, 0.25) is 5.02 Å². The number of nitrogens with zero attached hydrogens (tertiary/aromatic N) is 2. The number of rotatable bonds is 3. The van der Waals surface area contributed by atoms with Gasteiger partial charge in [0.1, 0.15) is 5.82 Å². The Morgan fingerprint density at radius 2 is 2.35 bits per heavy atom. The molecule has 0 spiro atoms. The van der Waals surface area contributed by atoms with E-state index in [1.54, 1.807) is 18.6 Å². The molecule has 2 N–H and O–H groups in total. The fraction of sp³-hybridized carbons (Fsp3) is 0.357. The summed E-state index contributed by atoms with van der Waals surface area (Å²) in [6.07, 6.45) is 4.30. The monoisotopic (exact) mass is 295 g/mol. The van der Waals surface area contributed by atoms with Gasteiger partial charge in [0.15, 0.2) is 0 Å². The van der Waals surface area contributed by atoms with Crippen LogP contribution in [0.5, 0.6) is 0 Å². The molecule has 20 heavy (non-hydrogen) atoms. The van der Waals surface area contributed by atoms with Crippen LogP contribution in [0.3, 0.4) is 0 Å². The first-order valence-electron chi connectivity index (χ1n) is 6.48. The van der Waals surface area contributed by atoms with E-state index in [1.165, 1.54) is 12.1 Å². The molecule has 2 unspecified atom stereocenters. The van der Waals surface area contributed by atoms with E-state index in [1.807, 2.05) is 4.57 Å². The minimum Gasteiger partial charge on any atom is -0.381 e. The molecule has 1 aromatic heterocycles. The molecule has 3 rings (SSSR count). The first-order valence-corrected chi connectivity index (χ1v) is 6.85. The lowest BCUT2D eigenvalue weighted by Gasteiger charge is -2.20. The third-order valence-electron chi connectivity index (χ3n) is 3.65. The largest absolute Gasteiger partial charge is 0.381 e. The summed E-state index contributed by atoms with van der Waals surface area (Å²) < 4.78 is 20.3. The number of halogens is 2. The number of hydrogen-bond donors (Lipinski definition) is 1. The Labute approximate surface area is 121 Å². The molecule has 0 bridgehead atoms. The SMILES string of the molecule is NC(c1cncn1-c1ccc(F)cc1Cl)C1CCOC1. The predicted octanol–water partition coefficient (Wildman–Crippen LogP) is 2.70. The van der Waals surface area contributed by atoms with Crippen molar-refractivity contribution in [1.29, 1.82) is 0 Å². The Hall–Kier alpha value is -1.43. The Morgan fingerprint density at radius 3 is 3.05 bits per heavy atom. The van der Waals surface area contributed by atoms with Crippen molar-refractivity contribution >= 4 is 11.6 Å². The summed E-state index contributed by atoms with van der Waals surface area (Å²) >= 11 is 6.10. The zero-order valence-electron chi connectivity index (χ0n) is 10.8. The molecular formula is C14H15ClFN3O. The van der Waals surface area contributed by atoms with E-state index in [2.05, 4.69) is 4.98 Å². The van der Waals surface area contributed by atoms with Gasteiger partial charge < -0.3 is 15.0 Å². The van der Waals surface area contributed by atoms with Gasteiger partial charge in [-0.1, -0.05) is 11.6 Å². The molecule has 0 aliphatic carbocycles. The van der Waals surface area contributed by atoms with Gasteiger partial charge in [-0.25, -0.2) is 9.37 Å². The van der Waals surface area contributed by atoms with Gasteiger partial charge in [-0.15, -0.1) is 0 Å². The van der Waals surface area contributed by atoms with Gasteiger partial charge in [0.05, 0.1) is 41.6 Å². The second-order valence-electron chi connectivity index (χ2n) is 4.93. The maximum Gasteiger partial charge on any atom is 0.124 e. The number of ether oxygens (including phenoxy) is 1. The Morgan fingerprint density at radius 1 is 1.50 bits per heavy atom. The van der Waals surface area contributed by atoms with Crippen molar-refractivity contribution in [2.45, 2.75) is 12.5 Å². The zero-order chi connectivity index (χ0) is 14.1. The third kappa shape index (κ3) is 2.44. The highest BCUT2D eigenvalue weighted by Gasteiger charge is 2.26. The normalized spacial score (nSPS) is 20.2. The Kier molecular flexibility index (Phi) is 3.74. The van der Waals surface area contributed by atoms with Gasteiger partial charge in [-0.2, -0.15) is 0 Å². The van der Waals surface area contributed by atoms with Gasteiger partial charge in [-0.05, 0) is 24.6 Å². The number of hydrogen-bond acceptors (Lipinski definition) is 3. The zero-order valence-corrected chi connectivity index (χ0v) is 11.6. The number of aromatic nitrogens is 2. The summed E-state index contributed by atoms with van der Waals surface area (Å²) in [5.41, 5.74) is 7.84. The van der Waals surface area contributed by atoms with Crippen molar-refractivity contribution in [3.05, 3.63) is 47.3 Å². The van der Waals surface area contributed by atoms with E-state index in [-0.39, 0.29) is 17.8 Å². The molecule has 2 heterocycles. The number of imidazole rings is 1. The molecule has 0 radical (unpaired) electrons. The van der Waals surface area contributed by atoms with Crippen molar-refractivity contribution in [2.24, 2.45) is 11.7 Å². The lowest BCUT2D eigenvalue weighted by atomic mass is 9.97. The molecule has 2 atom stereocenters. The highest BCUT2D eigenvalue weighted by Crippen LogP contribution is 2.30. The van der Waals surface area contributed by atoms with E-state index in [9.17, 15) is 4.39 Å². The molecule has 106 valence electrons. The van der Waals surface area contributed by atoms with Crippen molar-refractivity contribution in [2.75, 3.05) is 13.2 Å². The summed E-state index contributed by atoms with van der Waals surface area (Å²) in [7, 11) is 0. The second kappa shape index (κ2) is 5.52. The molecule has 0 saturated carbocycles. The van der Waals surface area contributed by atoms with Gasteiger partial charge in [0.2, 0.25) is 0 Å². The van der Waals surface area contributed by atoms with Gasteiger partial charge in [0.25, 0.3) is 0 Å². The van der Waals surface area contributed by atoms with Crippen LogP contribution >= 0.6 is 11.6 Å². The predicted molar refractivity (Wildman–Crippen MR) is 74.4 cm³/mol. The molecule has 2 aromatic rings. The van der Waals surface area contributed by atoms with Crippen molar-refractivity contribution in [1.82, 2.24) is 9.55 Å². The van der Waals surface area contributed by atoms with Crippen molar-refractivity contribution in [3.63, 3.8) is 0 Å². The minimum atomic E-state index is -0.367. The van der Waals surface area contributed by atoms with E-state index >= 15 is 0 Å². The summed E-state index contributed by atoms with van der Waals surface area (Å²) in [6, 6.07) is 4.10. The molecule has 4 nitrogen and oxygen atoms in total. The fourth-order valence-corrected chi connectivity index (χ4v) is 2.77. The molecule has 1 aliphatic heterocycles. The first-order chi connectivity index (χ1) is 9.66. The maximum absolute atomic E-state index is 13.1. The molecular weight excluding hydrogens is 281 g/mol. The molecule has 1 saturated heterocycles. The van der Waals surface area contributed by atoms with Crippen molar-refractivity contribution < 1.29 is 9.13 Å². The van der Waals surface area contributed by atoms with Crippen LogP contribution in [0.1, 0.15) is 18.2 Å². The third-order valence-corrected chi connectivity index (χ3v) is 3.95. The lowest BCUT2D eigenvalue weighted by molar-refractivity contribution is 0.180. The van der Waals surface area contributed by atoms with Crippen LogP contribution in [-0.4, -0.2) is 22.8 Å². The van der Waals surface area contributed by atoms with Gasteiger partial charge in [0, 0.05) is 12.5 Å². The topological polar surface area (TPSA) is 53.1 Å². The molecule has 1 aliphatic rings. The maximum atomic E-state index is 13.1. The number of benzene rings is 1. The van der Waals surface area contributed by atoms with E-state index in [4.69, 9.17) is 22.1 Å². The smallest absolute Gasteiger partial charge is 0.124 e. The quantitative estimate of drug-likeness (QED) is 0.947.